The van der Waals surface area contributed by atoms with Crippen LogP contribution in [0.3, 0.4) is 0 Å². The molecule has 0 aliphatic rings. The number of aryl methyl sites for hydroxylation is 1. The second-order valence-corrected chi connectivity index (χ2v) is 5.47. The van der Waals surface area contributed by atoms with Crippen molar-refractivity contribution in [2.24, 2.45) is 0 Å². The molecule has 0 spiro atoms. The van der Waals surface area contributed by atoms with Gasteiger partial charge in [0.15, 0.2) is 0 Å². The van der Waals surface area contributed by atoms with Crippen molar-refractivity contribution in [3.05, 3.63) is 41.5 Å². The number of nitrogens with zero attached hydrogens (tertiary/aromatic N) is 1. The summed E-state index contributed by atoms with van der Waals surface area (Å²) in [5, 5.41) is 9.26. The molecule has 0 saturated carbocycles. The molecule has 16 heavy (non-hydrogen) atoms. The van der Waals surface area contributed by atoms with Crippen molar-refractivity contribution in [2.75, 3.05) is 0 Å². The largest absolute Gasteiger partial charge is 0.193 e. The van der Waals surface area contributed by atoms with Crippen molar-refractivity contribution in [3.8, 4) is 6.07 Å². The Morgan fingerprint density at radius 3 is 2.44 bits per heavy atom. The number of nitriles is 1. The fourth-order valence-electron chi connectivity index (χ4n) is 1.40. The molecule has 0 N–H and O–H groups in total. The van der Waals surface area contributed by atoms with E-state index in [0.717, 1.165) is 16.9 Å². The Morgan fingerprint density at radius 2 is 2.00 bits per heavy atom. The van der Waals surface area contributed by atoms with Gasteiger partial charge >= 0.3 is 0 Å². The summed E-state index contributed by atoms with van der Waals surface area (Å²) in [4.78, 5) is 1.06. The average Bonchev–Trinajstić information content (AvgIpc) is 2.28. The van der Waals surface area contributed by atoms with E-state index in [1.807, 2.05) is 0 Å². The Balaban J connectivity index is 2.94. The molecule has 0 amide bonds. The summed E-state index contributed by atoms with van der Waals surface area (Å²) in [6.45, 7) is 6.41. The zero-order valence-electron chi connectivity index (χ0n) is 10.0. The quantitative estimate of drug-likeness (QED) is 0.723. The lowest BCUT2D eigenvalue weighted by atomic mass is 10.1. The van der Waals surface area contributed by atoms with Crippen molar-refractivity contribution < 1.29 is 0 Å². The fraction of sp³-hybridized carbons (Fsp3) is 0.357. The highest BCUT2D eigenvalue weighted by molar-refractivity contribution is 8.08. The van der Waals surface area contributed by atoms with Gasteiger partial charge in [0.05, 0.1) is 6.07 Å². The van der Waals surface area contributed by atoms with Crippen molar-refractivity contribution in [3.63, 3.8) is 0 Å². The molecule has 84 valence electrons. The van der Waals surface area contributed by atoms with Crippen LogP contribution in [-0.2, 0) is 6.42 Å². The predicted octanol–water partition coefficient (Wildman–Crippen LogP) is 4.26. The molecule has 1 aromatic rings. The van der Waals surface area contributed by atoms with Gasteiger partial charge < -0.3 is 0 Å². The van der Waals surface area contributed by atoms with Crippen LogP contribution in [0.15, 0.2) is 30.3 Å². The highest BCUT2D eigenvalue weighted by atomic mass is 32.2. The average molecular weight is 231 g/mol. The number of rotatable bonds is 4. The van der Waals surface area contributed by atoms with Gasteiger partial charge in [-0.25, -0.2) is 0 Å². The van der Waals surface area contributed by atoms with Crippen molar-refractivity contribution in [2.45, 2.75) is 32.4 Å². The van der Waals surface area contributed by atoms with Crippen LogP contribution in [0.5, 0.6) is 0 Å². The Morgan fingerprint density at radius 1 is 1.38 bits per heavy atom. The number of hydrogen-bond acceptors (Lipinski definition) is 2. The first-order valence-electron chi connectivity index (χ1n) is 5.53. The third-order valence-electron chi connectivity index (χ3n) is 2.21. The van der Waals surface area contributed by atoms with Gasteiger partial charge in [0, 0.05) is 16.2 Å². The van der Waals surface area contributed by atoms with Gasteiger partial charge in [-0.2, -0.15) is 5.26 Å². The predicted molar refractivity (Wildman–Crippen MR) is 72.1 cm³/mol. The summed E-state index contributed by atoms with van der Waals surface area (Å²) in [6.07, 6.45) is 2.68. The van der Waals surface area contributed by atoms with Gasteiger partial charge in [0.2, 0.25) is 0 Å². The van der Waals surface area contributed by atoms with Crippen LogP contribution in [0.2, 0.25) is 0 Å². The molecule has 1 nitrogen and oxygen atoms in total. The third-order valence-corrected chi connectivity index (χ3v) is 3.28. The zero-order valence-corrected chi connectivity index (χ0v) is 10.8. The van der Waals surface area contributed by atoms with Crippen LogP contribution >= 0.6 is 11.8 Å². The van der Waals surface area contributed by atoms with Crippen LogP contribution in [0, 0.1) is 11.3 Å². The molecule has 0 fully saturated rings. The van der Waals surface area contributed by atoms with E-state index in [1.165, 1.54) is 5.56 Å². The maximum atomic E-state index is 8.77. The molecule has 2 heteroatoms. The Labute approximate surface area is 102 Å². The van der Waals surface area contributed by atoms with E-state index in [-0.39, 0.29) is 0 Å². The second-order valence-electron chi connectivity index (χ2n) is 3.85. The minimum atomic E-state index is 0.491. The Bertz CT molecular complexity index is 396. The van der Waals surface area contributed by atoms with E-state index in [4.69, 9.17) is 5.26 Å². The molecule has 0 aromatic heterocycles. The molecule has 0 radical (unpaired) electrons. The van der Waals surface area contributed by atoms with Crippen LogP contribution in [-0.4, -0.2) is 5.25 Å². The molecular formula is C14H17NS. The summed E-state index contributed by atoms with van der Waals surface area (Å²) in [7, 11) is 0. The smallest absolute Gasteiger partial charge is 0.0923 e. The summed E-state index contributed by atoms with van der Waals surface area (Å²) in [5.74, 6) is 0. The van der Waals surface area contributed by atoms with E-state index in [0.29, 0.717) is 5.25 Å². The van der Waals surface area contributed by atoms with Crippen LogP contribution < -0.4 is 0 Å². The van der Waals surface area contributed by atoms with Crippen molar-refractivity contribution in [1.82, 2.24) is 0 Å². The minimum absolute atomic E-state index is 0.491. The maximum absolute atomic E-state index is 8.77. The van der Waals surface area contributed by atoms with Crippen LogP contribution in [0.1, 0.15) is 31.9 Å². The van der Waals surface area contributed by atoms with Gasteiger partial charge in [-0.1, -0.05) is 45.0 Å². The lowest BCUT2D eigenvalue weighted by Crippen LogP contribution is -1.89. The van der Waals surface area contributed by atoms with Crippen molar-refractivity contribution in [1.29, 1.82) is 5.26 Å². The van der Waals surface area contributed by atoms with Crippen LogP contribution in [0.25, 0.3) is 4.91 Å². The molecule has 0 saturated heterocycles. The molecule has 0 aliphatic heterocycles. The summed E-state index contributed by atoms with van der Waals surface area (Å²) >= 11 is 1.73. The van der Waals surface area contributed by atoms with Gasteiger partial charge in [0.1, 0.15) is 0 Å². The normalized spacial score (nSPS) is 11.6. The minimum Gasteiger partial charge on any atom is -0.193 e. The molecule has 0 atom stereocenters. The summed E-state index contributed by atoms with van der Waals surface area (Å²) in [6, 6.07) is 10.6. The summed E-state index contributed by atoms with van der Waals surface area (Å²) < 4.78 is 0. The fourth-order valence-corrected chi connectivity index (χ4v) is 2.30. The molecule has 0 unspecified atom stereocenters. The lowest BCUT2D eigenvalue weighted by Gasteiger charge is -2.09. The molecule has 1 rings (SSSR count). The number of benzene rings is 1. The highest BCUT2D eigenvalue weighted by Crippen LogP contribution is 2.30. The SMILES string of the molecule is CCc1ccc(/C(=C\C#N)SC(C)C)cc1. The first-order valence-corrected chi connectivity index (χ1v) is 6.41. The van der Waals surface area contributed by atoms with Gasteiger partial charge in [-0.3, -0.25) is 0 Å². The van der Waals surface area contributed by atoms with Crippen LogP contribution in [0.4, 0.5) is 0 Å². The molecule has 0 heterocycles. The van der Waals surface area contributed by atoms with E-state index >= 15 is 0 Å². The monoisotopic (exact) mass is 231 g/mol. The van der Waals surface area contributed by atoms with E-state index in [9.17, 15) is 0 Å². The van der Waals surface area contributed by atoms with E-state index in [1.54, 1.807) is 17.8 Å². The van der Waals surface area contributed by atoms with Crippen molar-refractivity contribution >= 4 is 16.7 Å². The summed E-state index contributed by atoms with van der Waals surface area (Å²) in [5.41, 5.74) is 2.46. The highest BCUT2D eigenvalue weighted by Gasteiger charge is 2.05. The topological polar surface area (TPSA) is 23.8 Å². The molecule has 0 aliphatic carbocycles. The maximum Gasteiger partial charge on any atom is 0.0923 e. The first kappa shape index (κ1) is 12.9. The third kappa shape index (κ3) is 3.75. The number of allylic oxidation sites excluding steroid dienone is 1. The molecule has 0 bridgehead atoms. The number of thioether (sulfide) groups is 1. The van der Waals surface area contributed by atoms with Gasteiger partial charge in [-0.05, 0) is 17.5 Å². The van der Waals surface area contributed by atoms with E-state index in [2.05, 4.69) is 51.1 Å². The van der Waals surface area contributed by atoms with E-state index < -0.39 is 0 Å². The first-order chi connectivity index (χ1) is 7.67. The number of hydrogen-bond donors (Lipinski definition) is 0. The molecular weight excluding hydrogens is 214 g/mol. The second kappa shape index (κ2) is 6.40. The standard InChI is InChI=1S/C14H17NS/c1-4-12-5-7-13(8-6-12)14(9-10-15)16-11(2)3/h5-9,11H,4H2,1-3H3/b14-9+. The zero-order chi connectivity index (χ0) is 12.0. The lowest BCUT2D eigenvalue weighted by molar-refractivity contribution is 1.12. The Hall–Kier alpha value is -1.20. The Kier molecular flexibility index (Phi) is 5.14. The van der Waals surface area contributed by atoms with Gasteiger partial charge in [0.25, 0.3) is 0 Å². The van der Waals surface area contributed by atoms with Gasteiger partial charge in [-0.15, -0.1) is 11.8 Å². The molecule has 1 aromatic carbocycles.